The van der Waals surface area contributed by atoms with Crippen LogP contribution in [0.3, 0.4) is 0 Å². The predicted octanol–water partition coefficient (Wildman–Crippen LogP) is 1.73. The first-order valence-corrected chi connectivity index (χ1v) is 10.5. The summed E-state index contributed by atoms with van der Waals surface area (Å²) in [5.74, 6) is -0.966. The SMILES string of the molecule is CC(=O)O[C@@H]1[C@@H](OC(C)=O)[C@H](OC(C)=O)CS[C@H]1Oc1ccc(-c2cnn(C)c2)nc1. The number of nitrogens with zero attached hydrogens (tertiary/aromatic N) is 3. The van der Waals surface area contributed by atoms with E-state index in [1.807, 2.05) is 13.2 Å². The van der Waals surface area contributed by atoms with Crippen molar-refractivity contribution in [1.82, 2.24) is 14.8 Å². The molecular weight excluding hydrogens is 426 g/mol. The maximum absolute atomic E-state index is 11.7. The minimum atomic E-state index is -1.00. The van der Waals surface area contributed by atoms with Crippen molar-refractivity contribution >= 4 is 29.7 Å². The summed E-state index contributed by atoms with van der Waals surface area (Å²) in [6.45, 7) is 3.73. The van der Waals surface area contributed by atoms with Crippen LogP contribution in [-0.2, 0) is 35.6 Å². The Morgan fingerprint density at radius 2 is 1.68 bits per heavy atom. The number of aromatic nitrogens is 3. The van der Waals surface area contributed by atoms with Gasteiger partial charge in [0.05, 0.1) is 18.1 Å². The van der Waals surface area contributed by atoms with Crippen molar-refractivity contribution in [2.45, 2.75) is 44.5 Å². The Balaban J connectivity index is 1.80. The van der Waals surface area contributed by atoms with Gasteiger partial charge in [0.25, 0.3) is 0 Å². The van der Waals surface area contributed by atoms with E-state index >= 15 is 0 Å². The molecule has 31 heavy (non-hydrogen) atoms. The van der Waals surface area contributed by atoms with Gasteiger partial charge in [-0.15, -0.1) is 11.8 Å². The molecule has 0 spiro atoms. The van der Waals surface area contributed by atoms with Crippen LogP contribution in [0.1, 0.15) is 20.8 Å². The number of thioether (sulfide) groups is 1. The van der Waals surface area contributed by atoms with Gasteiger partial charge in [-0.1, -0.05) is 0 Å². The largest absolute Gasteiger partial charge is 0.474 e. The van der Waals surface area contributed by atoms with Crippen molar-refractivity contribution in [2.24, 2.45) is 7.05 Å². The fourth-order valence-electron chi connectivity index (χ4n) is 3.12. The highest BCUT2D eigenvalue weighted by Gasteiger charge is 2.47. The first-order valence-electron chi connectivity index (χ1n) is 9.48. The van der Waals surface area contributed by atoms with Crippen LogP contribution in [0.25, 0.3) is 11.3 Å². The molecule has 1 saturated heterocycles. The van der Waals surface area contributed by atoms with E-state index in [4.69, 9.17) is 18.9 Å². The number of pyridine rings is 1. The second-order valence-corrected chi connectivity index (χ2v) is 8.03. The lowest BCUT2D eigenvalue weighted by Gasteiger charge is -2.39. The summed E-state index contributed by atoms with van der Waals surface area (Å²) in [4.78, 5) is 39.2. The lowest BCUT2D eigenvalue weighted by Crippen LogP contribution is -2.55. The van der Waals surface area contributed by atoms with Crippen molar-refractivity contribution in [3.05, 3.63) is 30.7 Å². The molecule has 0 amide bonds. The van der Waals surface area contributed by atoms with Crippen molar-refractivity contribution in [2.75, 3.05) is 5.75 Å². The monoisotopic (exact) mass is 449 g/mol. The standard InChI is InChI=1S/C20H23N3O7S/c1-11(24)27-17-10-31-20(19(29-13(3)26)18(17)28-12(2)25)30-15-5-6-16(21-8-15)14-7-22-23(4)9-14/h5-9,17-20H,10H2,1-4H3/t17-,18+,19-,20-/m1/s1. The van der Waals surface area contributed by atoms with Gasteiger partial charge in [0.2, 0.25) is 0 Å². The second-order valence-electron chi connectivity index (χ2n) is 6.90. The number of carbonyl (C=O) groups excluding carboxylic acids is 3. The smallest absolute Gasteiger partial charge is 0.303 e. The molecule has 0 unspecified atom stereocenters. The molecule has 2 aromatic rings. The molecule has 0 aromatic carbocycles. The molecule has 166 valence electrons. The number of hydrogen-bond acceptors (Lipinski definition) is 10. The van der Waals surface area contributed by atoms with Crippen LogP contribution in [0.5, 0.6) is 5.75 Å². The molecular formula is C20H23N3O7S. The fourth-order valence-corrected chi connectivity index (χ4v) is 4.33. The number of rotatable bonds is 6. The van der Waals surface area contributed by atoms with E-state index in [2.05, 4.69) is 10.1 Å². The highest BCUT2D eigenvalue weighted by Crippen LogP contribution is 2.34. The minimum absolute atomic E-state index is 0.293. The first-order chi connectivity index (χ1) is 14.7. The maximum atomic E-state index is 11.7. The topological polar surface area (TPSA) is 119 Å². The Kier molecular flexibility index (Phi) is 7.16. The van der Waals surface area contributed by atoms with Gasteiger partial charge in [0, 0.05) is 45.3 Å². The predicted molar refractivity (Wildman–Crippen MR) is 110 cm³/mol. The third kappa shape index (κ3) is 5.97. The minimum Gasteiger partial charge on any atom is -0.474 e. The third-order valence-electron chi connectivity index (χ3n) is 4.29. The molecule has 3 rings (SSSR count). The van der Waals surface area contributed by atoms with Crippen LogP contribution < -0.4 is 4.74 Å². The van der Waals surface area contributed by atoms with Crippen LogP contribution in [0, 0.1) is 0 Å². The molecule has 0 aliphatic carbocycles. The molecule has 10 nitrogen and oxygen atoms in total. The number of esters is 3. The zero-order valence-corrected chi connectivity index (χ0v) is 18.3. The summed E-state index contributed by atoms with van der Waals surface area (Å²) in [7, 11) is 1.82. The van der Waals surface area contributed by atoms with Crippen LogP contribution in [0.2, 0.25) is 0 Å². The lowest BCUT2D eigenvalue weighted by molar-refractivity contribution is -0.186. The molecule has 1 fully saturated rings. The molecule has 3 heterocycles. The summed E-state index contributed by atoms with van der Waals surface area (Å²) >= 11 is 1.28. The quantitative estimate of drug-likeness (QED) is 0.476. The average Bonchev–Trinajstić information content (AvgIpc) is 3.12. The van der Waals surface area contributed by atoms with E-state index in [0.717, 1.165) is 11.3 Å². The fraction of sp³-hybridized carbons (Fsp3) is 0.450. The molecule has 0 bridgehead atoms. The van der Waals surface area contributed by atoms with Gasteiger partial charge in [-0.3, -0.25) is 24.0 Å². The molecule has 0 saturated carbocycles. The molecule has 0 radical (unpaired) electrons. The van der Waals surface area contributed by atoms with E-state index in [1.165, 1.54) is 32.5 Å². The van der Waals surface area contributed by atoms with Crippen LogP contribution in [-0.4, -0.2) is 62.2 Å². The Hall–Kier alpha value is -3.08. The first kappa shape index (κ1) is 22.6. The van der Waals surface area contributed by atoms with Gasteiger partial charge in [-0.2, -0.15) is 5.10 Å². The summed E-state index contributed by atoms with van der Waals surface area (Å²) in [6, 6.07) is 3.52. The maximum Gasteiger partial charge on any atom is 0.303 e. The highest BCUT2D eigenvalue weighted by molar-refractivity contribution is 7.99. The Morgan fingerprint density at radius 1 is 1.00 bits per heavy atom. The Morgan fingerprint density at radius 3 is 2.23 bits per heavy atom. The summed E-state index contributed by atoms with van der Waals surface area (Å²) in [6.07, 6.45) is 2.33. The molecule has 1 aliphatic heterocycles. The van der Waals surface area contributed by atoms with Gasteiger partial charge in [0.1, 0.15) is 5.75 Å². The van der Waals surface area contributed by atoms with E-state index in [1.54, 1.807) is 29.2 Å². The van der Waals surface area contributed by atoms with Gasteiger partial charge in [0.15, 0.2) is 23.7 Å². The van der Waals surface area contributed by atoms with Crippen molar-refractivity contribution in [1.29, 1.82) is 0 Å². The lowest BCUT2D eigenvalue weighted by atomic mass is 10.1. The van der Waals surface area contributed by atoms with Gasteiger partial charge in [-0.25, -0.2) is 0 Å². The molecule has 2 aromatic heterocycles. The zero-order chi connectivity index (χ0) is 22.5. The van der Waals surface area contributed by atoms with E-state index < -0.39 is 41.7 Å². The summed E-state index contributed by atoms with van der Waals surface area (Å²) in [5.41, 5.74) is 0.880. The van der Waals surface area contributed by atoms with Gasteiger partial charge >= 0.3 is 17.9 Å². The number of carbonyl (C=O) groups is 3. The molecule has 4 atom stereocenters. The Bertz CT molecular complexity index is 947. The van der Waals surface area contributed by atoms with Crippen molar-refractivity contribution < 1.29 is 33.3 Å². The van der Waals surface area contributed by atoms with E-state index in [0.29, 0.717) is 11.5 Å². The van der Waals surface area contributed by atoms with E-state index in [-0.39, 0.29) is 0 Å². The summed E-state index contributed by atoms with van der Waals surface area (Å²) < 4.78 is 23.7. The molecule has 0 N–H and O–H groups in total. The zero-order valence-electron chi connectivity index (χ0n) is 17.5. The Labute approximate surface area is 183 Å². The van der Waals surface area contributed by atoms with Crippen LogP contribution in [0.4, 0.5) is 0 Å². The summed E-state index contributed by atoms with van der Waals surface area (Å²) in [5, 5.41) is 4.12. The van der Waals surface area contributed by atoms with Crippen molar-refractivity contribution in [3.8, 4) is 17.0 Å². The van der Waals surface area contributed by atoms with Crippen LogP contribution in [0.15, 0.2) is 30.7 Å². The second kappa shape index (κ2) is 9.82. The number of hydrogen-bond donors (Lipinski definition) is 0. The normalized spacial score (nSPS) is 23.0. The highest BCUT2D eigenvalue weighted by atomic mass is 32.2. The van der Waals surface area contributed by atoms with Gasteiger partial charge in [-0.05, 0) is 12.1 Å². The van der Waals surface area contributed by atoms with Gasteiger partial charge < -0.3 is 18.9 Å². The van der Waals surface area contributed by atoms with Crippen LogP contribution >= 0.6 is 11.8 Å². The van der Waals surface area contributed by atoms with E-state index in [9.17, 15) is 14.4 Å². The molecule has 1 aliphatic rings. The van der Waals surface area contributed by atoms with Crippen molar-refractivity contribution in [3.63, 3.8) is 0 Å². The number of ether oxygens (including phenoxy) is 4. The third-order valence-corrected chi connectivity index (χ3v) is 5.51. The average molecular weight is 449 g/mol. The molecule has 11 heteroatoms. The number of aryl methyl sites for hydroxylation is 1.